The predicted octanol–water partition coefficient (Wildman–Crippen LogP) is 0.555. The third-order valence-electron chi connectivity index (χ3n) is 2.53. The summed E-state index contributed by atoms with van der Waals surface area (Å²) in [4.78, 5) is 0. The van der Waals surface area contributed by atoms with Gasteiger partial charge < -0.3 is 15.2 Å². The number of aliphatic hydroxyl groups excluding tert-OH is 1. The molecule has 0 fully saturated rings. The molecule has 0 amide bonds. The number of rotatable bonds is 8. The molecule has 0 aliphatic carbocycles. The number of hydrogen-bond donors (Lipinski definition) is 3. The van der Waals surface area contributed by atoms with Crippen molar-refractivity contribution in [3.05, 3.63) is 29.3 Å². The van der Waals surface area contributed by atoms with Gasteiger partial charge in [0.1, 0.15) is 5.75 Å². The molecule has 0 saturated carbocycles. The van der Waals surface area contributed by atoms with Gasteiger partial charge in [0.05, 0.1) is 19.5 Å². The van der Waals surface area contributed by atoms with E-state index in [1.165, 1.54) is 0 Å². The molecule has 0 heterocycles. The van der Waals surface area contributed by atoms with Crippen LogP contribution in [0.5, 0.6) is 5.75 Å². The second-order valence-corrected chi connectivity index (χ2v) is 5.74. The van der Waals surface area contributed by atoms with Crippen LogP contribution in [-0.2, 0) is 23.3 Å². The summed E-state index contributed by atoms with van der Waals surface area (Å²) >= 11 is 0. The molecule has 6 nitrogen and oxygen atoms in total. The van der Waals surface area contributed by atoms with Crippen molar-refractivity contribution in [1.29, 1.82) is 0 Å². The van der Waals surface area contributed by atoms with Crippen LogP contribution in [0.4, 0.5) is 0 Å². The molecule has 0 aliphatic heterocycles. The SMILES string of the molecule is COc1cc(CO)cc(CNCCCS(=O)(=O)O)c1. The van der Waals surface area contributed by atoms with Gasteiger partial charge in [-0.2, -0.15) is 8.42 Å². The minimum atomic E-state index is -3.88. The Morgan fingerprint density at radius 1 is 1.26 bits per heavy atom. The molecule has 0 atom stereocenters. The summed E-state index contributed by atoms with van der Waals surface area (Å²) in [6, 6.07) is 5.44. The number of hydrogen-bond acceptors (Lipinski definition) is 5. The van der Waals surface area contributed by atoms with Crippen LogP contribution in [0.1, 0.15) is 17.5 Å². The molecule has 1 rings (SSSR count). The maximum atomic E-state index is 10.5. The number of methoxy groups -OCH3 is 1. The second-order valence-electron chi connectivity index (χ2n) is 4.16. The van der Waals surface area contributed by atoms with Crippen molar-refractivity contribution in [3.63, 3.8) is 0 Å². The zero-order chi connectivity index (χ0) is 14.3. The number of ether oxygens (including phenoxy) is 1. The molecule has 19 heavy (non-hydrogen) atoms. The molecule has 0 saturated heterocycles. The quantitative estimate of drug-likeness (QED) is 0.478. The van der Waals surface area contributed by atoms with E-state index in [4.69, 9.17) is 14.4 Å². The summed E-state index contributed by atoms with van der Waals surface area (Å²) < 4.78 is 34.7. The van der Waals surface area contributed by atoms with E-state index in [9.17, 15) is 8.42 Å². The van der Waals surface area contributed by atoms with Crippen LogP contribution in [0.25, 0.3) is 0 Å². The molecule has 108 valence electrons. The third kappa shape index (κ3) is 6.53. The lowest BCUT2D eigenvalue weighted by molar-refractivity contribution is 0.281. The van der Waals surface area contributed by atoms with Crippen molar-refractivity contribution >= 4 is 10.1 Å². The zero-order valence-electron chi connectivity index (χ0n) is 10.8. The Kier molecular flexibility index (Phi) is 6.23. The van der Waals surface area contributed by atoms with Gasteiger partial charge in [-0.1, -0.05) is 6.07 Å². The fourth-order valence-electron chi connectivity index (χ4n) is 1.65. The molecule has 0 radical (unpaired) electrons. The topological polar surface area (TPSA) is 95.9 Å². The van der Waals surface area contributed by atoms with Crippen molar-refractivity contribution < 1.29 is 22.8 Å². The van der Waals surface area contributed by atoms with Crippen molar-refractivity contribution in [2.75, 3.05) is 19.4 Å². The predicted molar refractivity (Wildman–Crippen MR) is 71.7 cm³/mol. The molecular formula is C12H19NO5S. The third-order valence-corrected chi connectivity index (χ3v) is 3.33. The lowest BCUT2D eigenvalue weighted by Crippen LogP contribution is -2.18. The summed E-state index contributed by atoms with van der Waals surface area (Å²) in [6.07, 6.45) is 0.343. The Morgan fingerprint density at radius 3 is 2.53 bits per heavy atom. The first-order valence-corrected chi connectivity index (χ1v) is 7.49. The minimum absolute atomic E-state index is 0.0625. The summed E-state index contributed by atoms with van der Waals surface area (Å²) in [5, 5.41) is 12.2. The molecular weight excluding hydrogens is 270 g/mol. The van der Waals surface area contributed by atoms with Gasteiger partial charge in [-0.3, -0.25) is 4.55 Å². The number of benzene rings is 1. The maximum Gasteiger partial charge on any atom is 0.264 e. The van der Waals surface area contributed by atoms with Crippen molar-refractivity contribution in [1.82, 2.24) is 5.32 Å². The van der Waals surface area contributed by atoms with E-state index in [-0.39, 0.29) is 12.4 Å². The highest BCUT2D eigenvalue weighted by atomic mass is 32.2. The molecule has 1 aromatic carbocycles. The van der Waals surface area contributed by atoms with Crippen LogP contribution in [-0.4, -0.2) is 37.5 Å². The Balaban J connectivity index is 2.44. The summed E-state index contributed by atoms with van der Waals surface area (Å²) in [7, 11) is -2.33. The highest BCUT2D eigenvalue weighted by Gasteiger charge is 2.04. The van der Waals surface area contributed by atoms with Gasteiger partial charge in [-0.05, 0) is 36.2 Å². The summed E-state index contributed by atoms with van der Waals surface area (Å²) in [5.41, 5.74) is 1.70. The molecule has 0 aliphatic rings. The summed E-state index contributed by atoms with van der Waals surface area (Å²) in [5.74, 6) is 0.418. The molecule has 0 bridgehead atoms. The van der Waals surface area contributed by atoms with Crippen LogP contribution in [0.15, 0.2) is 18.2 Å². The van der Waals surface area contributed by atoms with Crippen LogP contribution in [0.3, 0.4) is 0 Å². The summed E-state index contributed by atoms with van der Waals surface area (Å²) in [6.45, 7) is 0.952. The fourth-order valence-corrected chi connectivity index (χ4v) is 2.16. The molecule has 1 aromatic rings. The van der Waals surface area contributed by atoms with E-state index in [0.29, 0.717) is 25.3 Å². The van der Waals surface area contributed by atoms with E-state index in [0.717, 1.165) is 11.1 Å². The van der Waals surface area contributed by atoms with Crippen molar-refractivity contribution in [2.45, 2.75) is 19.6 Å². The van der Waals surface area contributed by atoms with Gasteiger partial charge in [0, 0.05) is 6.54 Å². The van der Waals surface area contributed by atoms with E-state index in [2.05, 4.69) is 5.32 Å². The van der Waals surface area contributed by atoms with Crippen LogP contribution < -0.4 is 10.1 Å². The Morgan fingerprint density at radius 2 is 1.95 bits per heavy atom. The number of aliphatic hydroxyl groups is 1. The monoisotopic (exact) mass is 289 g/mol. The van der Waals surface area contributed by atoms with Crippen molar-refractivity contribution in [2.24, 2.45) is 0 Å². The molecule has 7 heteroatoms. The van der Waals surface area contributed by atoms with Gasteiger partial charge in [-0.15, -0.1) is 0 Å². The van der Waals surface area contributed by atoms with Crippen LogP contribution >= 0.6 is 0 Å². The van der Waals surface area contributed by atoms with E-state index in [1.807, 2.05) is 12.1 Å². The average Bonchev–Trinajstić information content (AvgIpc) is 2.36. The molecule has 3 N–H and O–H groups in total. The Labute approximate surface area is 113 Å². The van der Waals surface area contributed by atoms with Crippen molar-refractivity contribution in [3.8, 4) is 5.75 Å². The first-order chi connectivity index (χ1) is 8.94. The van der Waals surface area contributed by atoms with E-state index < -0.39 is 10.1 Å². The molecule has 0 spiro atoms. The first-order valence-electron chi connectivity index (χ1n) is 5.88. The largest absolute Gasteiger partial charge is 0.497 e. The second kappa shape index (κ2) is 7.44. The highest BCUT2D eigenvalue weighted by Crippen LogP contribution is 2.17. The number of nitrogens with one attached hydrogen (secondary N) is 1. The lowest BCUT2D eigenvalue weighted by Gasteiger charge is -2.09. The van der Waals surface area contributed by atoms with Gasteiger partial charge in [0.25, 0.3) is 10.1 Å². The van der Waals surface area contributed by atoms with E-state index >= 15 is 0 Å². The normalized spacial score (nSPS) is 11.5. The van der Waals surface area contributed by atoms with Crippen LogP contribution in [0, 0.1) is 0 Å². The lowest BCUT2D eigenvalue weighted by atomic mass is 10.1. The molecule has 0 unspecified atom stereocenters. The standard InChI is InChI=1S/C12H19NO5S/c1-18-12-6-10(5-11(7-12)9-14)8-13-3-2-4-19(15,16)17/h5-7,13-14H,2-4,8-9H2,1H3,(H,15,16,17). The van der Waals surface area contributed by atoms with Gasteiger partial charge in [0.2, 0.25) is 0 Å². The smallest absolute Gasteiger partial charge is 0.264 e. The zero-order valence-corrected chi connectivity index (χ0v) is 11.6. The van der Waals surface area contributed by atoms with Gasteiger partial charge in [-0.25, -0.2) is 0 Å². The Bertz CT molecular complexity index is 479. The van der Waals surface area contributed by atoms with Gasteiger partial charge >= 0.3 is 0 Å². The van der Waals surface area contributed by atoms with Gasteiger partial charge in [0.15, 0.2) is 0 Å². The molecule has 0 aromatic heterocycles. The maximum absolute atomic E-state index is 10.5. The fraction of sp³-hybridized carbons (Fsp3) is 0.500. The Hall–Kier alpha value is -1.15. The average molecular weight is 289 g/mol. The minimum Gasteiger partial charge on any atom is -0.497 e. The van der Waals surface area contributed by atoms with E-state index in [1.54, 1.807) is 13.2 Å². The highest BCUT2D eigenvalue weighted by molar-refractivity contribution is 7.85. The first kappa shape index (κ1) is 15.9. The van der Waals surface area contributed by atoms with Crippen LogP contribution in [0.2, 0.25) is 0 Å².